The van der Waals surface area contributed by atoms with Crippen LogP contribution < -0.4 is 0 Å². The first-order valence-corrected chi connectivity index (χ1v) is 11.5. The number of benzene rings is 1. The van der Waals surface area contributed by atoms with Gasteiger partial charge in [-0.3, -0.25) is 14.5 Å². The summed E-state index contributed by atoms with van der Waals surface area (Å²) in [5, 5.41) is 0. The number of carbonyl (C=O) groups is 2. The Morgan fingerprint density at radius 3 is 2.14 bits per heavy atom. The van der Waals surface area contributed by atoms with E-state index >= 15 is 0 Å². The van der Waals surface area contributed by atoms with Gasteiger partial charge in [-0.2, -0.15) is 4.31 Å². The fourth-order valence-corrected chi connectivity index (χ4v) is 4.79. The molecule has 1 heterocycles. The maximum atomic E-state index is 12.9. The number of nitrogens with zero attached hydrogens (tertiary/aromatic N) is 4. The zero-order chi connectivity index (χ0) is 21.6. The molecule has 0 N–H and O–H groups in total. The first kappa shape index (κ1) is 23.3. The Hall–Kier alpha value is -1.97. The minimum Gasteiger partial charge on any atom is -0.348 e. The van der Waals surface area contributed by atoms with Gasteiger partial charge < -0.3 is 9.80 Å². The molecule has 1 aliphatic heterocycles. The summed E-state index contributed by atoms with van der Waals surface area (Å²) in [6.07, 6.45) is 0.793. The van der Waals surface area contributed by atoms with Crippen molar-refractivity contribution in [1.29, 1.82) is 0 Å². The molecule has 0 atom stereocenters. The van der Waals surface area contributed by atoms with Crippen molar-refractivity contribution >= 4 is 21.8 Å². The van der Waals surface area contributed by atoms with E-state index in [1.54, 1.807) is 49.9 Å². The topological polar surface area (TPSA) is 81.2 Å². The van der Waals surface area contributed by atoms with Crippen molar-refractivity contribution < 1.29 is 18.0 Å². The molecule has 2 rings (SSSR count). The molecule has 0 spiro atoms. The summed E-state index contributed by atoms with van der Waals surface area (Å²) >= 11 is 0. The summed E-state index contributed by atoms with van der Waals surface area (Å²) in [5.74, 6) is -0.0626. The van der Waals surface area contributed by atoms with Crippen molar-refractivity contribution in [3.63, 3.8) is 0 Å². The van der Waals surface area contributed by atoms with Gasteiger partial charge in [-0.1, -0.05) is 13.8 Å². The molecule has 0 saturated carbocycles. The van der Waals surface area contributed by atoms with E-state index in [9.17, 15) is 18.0 Å². The minimum atomic E-state index is -3.53. The molecular formula is C20H32N4O4S. The van der Waals surface area contributed by atoms with Gasteiger partial charge >= 0.3 is 0 Å². The van der Waals surface area contributed by atoms with Crippen LogP contribution in [0.15, 0.2) is 29.2 Å². The lowest BCUT2D eigenvalue weighted by Crippen LogP contribution is -2.39. The second-order valence-corrected chi connectivity index (χ2v) is 9.26. The molecule has 8 nitrogen and oxygen atoms in total. The monoisotopic (exact) mass is 424 g/mol. The largest absolute Gasteiger partial charge is 0.348 e. The van der Waals surface area contributed by atoms with Crippen LogP contribution in [0.3, 0.4) is 0 Å². The van der Waals surface area contributed by atoms with Gasteiger partial charge in [0, 0.05) is 58.9 Å². The predicted octanol–water partition coefficient (Wildman–Crippen LogP) is 0.953. The molecular weight excluding hydrogens is 392 g/mol. The average Bonchev–Trinajstić information content (AvgIpc) is 2.93. The Morgan fingerprint density at radius 2 is 1.59 bits per heavy atom. The van der Waals surface area contributed by atoms with Crippen LogP contribution in [0.25, 0.3) is 0 Å². The van der Waals surface area contributed by atoms with Crippen LogP contribution in [-0.2, 0) is 14.8 Å². The van der Waals surface area contributed by atoms with Crippen molar-refractivity contribution in [2.45, 2.75) is 25.2 Å². The highest BCUT2D eigenvalue weighted by Gasteiger charge is 2.24. The standard InChI is InChI=1S/C20H32N4O4S/c1-5-24(6-2)29(27,28)18-10-8-17(9-11-18)20(26)23-13-7-12-22(14-15-23)16-19(25)21(3)4/h8-11H,5-7,12-16H2,1-4H3. The third-order valence-corrected chi connectivity index (χ3v) is 7.24. The van der Waals surface area contributed by atoms with Crippen molar-refractivity contribution in [3.8, 4) is 0 Å². The summed E-state index contributed by atoms with van der Waals surface area (Å²) in [4.78, 5) is 30.4. The van der Waals surface area contributed by atoms with Crippen molar-refractivity contribution in [2.75, 3.05) is 59.9 Å². The van der Waals surface area contributed by atoms with Gasteiger partial charge in [-0.15, -0.1) is 0 Å². The highest BCUT2D eigenvalue weighted by molar-refractivity contribution is 7.89. The first-order chi connectivity index (χ1) is 13.7. The smallest absolute Gasteiger partial charge is 0.253 e. The lowest BCUT2D eigenvalue weighted by atomic mass is 10.2. The Kier molecular flexibility index (Phi) is 8.18. The van der Waals surface area contributed by atoms with Crippen LogP contribution >= 0.6 is 0 Å². The SMILES string of the molecule is CCN(CC)S(=O)(=O)c1ccc(C(=O)N2CCCN(CC(=O)N(C)C)CC2)cc1. The van der Waals surface area contributed by atoms with E-state index in [0.29, 0.717) is 44.8 Å². The van der Waals surface area contributed by atoms with Crippen LogP contribution in [0.5, 0.6) is 0 Å². The molecule has 0 aliphatic carbocycles. The van der Waals surface area contributed by atoms with Crippen LogP contribution in [0, 0.1) is 0 Å². The van der Waals surface area contributed by atoms with E-state index in [0.717, 1.165) is 13.0 Å². The van der Waals surface area contributed by atoms with E-state index in [1.165, 1.54) is 16.4 Å². The predicted molar refractivity (Wildman–Crippen MR) is 112 cm³/mol. The van der Waals surface area contributed by atoms with Gasteiger partial charge in [0.25, 0.3) is 5.91 Å². The number of sulfonamides is 1. The lowest BCUT2D eigenvalue weighted by molar-refractivity contribution is -0.129. The van der Waals surface area contributed by atoms with Gasteiger partial charge in [0.1, 0.15) is 0 Å². The summed E-state index contributed by atoms with van der Waals surface area (Å²) in [7, 11) is -0.0620. The van der Waals surface area contributed by atoms with E-state index in [4.69, 9.17) is 0 Å². The molecule has 9 heteroatoms. The van der Waals surface area contributed by atoms with Crippen molar-refractivity contribution in [3.05, 3.63) is 29.8 Å². The highest BCUT2D eigenvalue weighted by Crippen LogP contribution is 2.17. The number of likely N-dealkylation sites (N-methyl/N-ethyl adjacent to an activating group) is 1. The molecule has 0 bridgehead atoms. The molecule has 1 aromatic carbocycles. The maximum Gasteiger partial charge on any atom is 0.253 e. The maximum absolute atomic E-state index is 12.9. The summed E-state index contributed by atoms with van der Waals surface area (Å²) in [6.45, 7) is 7.32. The van der Waals surface area contributed by atoms with Gasteiger partial charge in [0.05, 0.1) is 11.4 Å². The van der Waals surface area contributed by atoms with Crippen LogP contribution in [-0.4, -0.2) is 99.1 Å². The molecule has 1 aliphatic rings. The van der Waals surface area contributed by atoms with Crippen LogP contribution in [0.1, 0.15) is 30.6 Å². The van der Waals surface area contributed by atoms with Crippen LogP contribution in [0.4, 0.5) is 0 Å². The van der Waals surface area contributed by atoms with Crippen LogP contribution in [0.2, 0.25) is 0 Å². The second-order valence-electron chi connectivity index (χ2n) is 7.32. The molecule has 162 valence electrons. The zero-order valence-corrected chi connectivity index (χ0v) is 18.6. The Labute approximate surface area is 174 Å². The van der Waals surface area contributed by atoms with E-state index in [1.807, 2.05) is 0 Å². The van der Waals surface area contributed by atoms with Gasteiger partial charge in [-0.05, 0) is 30.7 Å². The fraction of sp³-hybridized carbons (Fsp3) is 0.600. The quantitative estimate of drug-likeness (QED) is 0.651. The molecule has 0 unspecified atom stereocenters. The minimum absolute atomic E-state index is 0.0507. The molecule has 29 heavy (non-hydrogen) atoms. The van der Waals surface area contributed by atoms with Crippen molar-refractivity contribution in [1.82, 2.24) is 19.0 Å². The fourth-order valence-electron chi connectivity index (χ4n) is 3.33. The Bertz CT molecular complexity index is 804. The zero-order valence-electron chi connectivity index (χ0n) is 17.8. The average molecular weight is 425 g/mol. The molecule has 0 aromatic heterocycles. The van der Waals surface area contributed by atoms with Crippen molar-refractivity contribution in [2.24, 2.45) is 0 Å². The van der Waals surface area contributed by atoms with E-state index in [2.05, 4.69) is 4.90 Å². The normalized spacial score (nSPS) is 16.0. The first-order valence-electron chi connectivity index (χ1n) is 10.0. The molecule has 2 amide bonds. The van der Waals surface area contributed by atoms with Gasteiger partial charge in [0.15, 0.2) is 0 Å². The summed E-state index contributed by atoms with van der Waals surface area (Å²) < 4.78 is 26.6. The second kappa shape index (κ2) is 10.2. The van der Waals surface area contributed by atoms with Gasteiger partial charge in [-0.25, -0.2) is 8.42 Å². The third kappa shape index (κ3) is 5.77. The molecule has 1 aromatic rings. The summed E-state index contributed by atoms with van der Waals surface area (Å²) in [5.41, 5.74) is 0.473. The third-order valence-electron chi connectivity index (χ3n) is 5.18. The number of rotatable bonds is 7. The highest BCUT2D eigenvalue weighted by atomic mass is 32.2. The lowest BCUT2D eigenvalue weighted by Gasteiger charge is -2.23. The molecule has 0 radical (unpaired) electrons. The van der Waals surface area contributed by atoms with E-state index in [-0.39, 0.29) is 16.7 Å². The van der Waals surface area contributed by atoms with E-state index < -0.39 is 10.0 Å². The Morgan fingerprint density at radius 1 is 0.966 bits per heavy atom. The number of amides is 2. The molecule has 1 saturated heterocycles. The molecule has 1 fully saturated rings. The number of hydrogen-bond donors (Lipinski definition) is 0. The number of carbonyl (C=O) groups excluding carboxylic acids is 2. The Balaban J connectivity index is 2.04. The number of hydrogen-bond acceptors (Lipinski definition) is 5. The summed E-state index contributed by atoms with van der Waals surface area (Å²) in [6, 6.07) is 6.16. The van der Waals surface area contributed by atoms with Gasteiger partial charge in [0.2, 0.25) is 15.9 Å².